The summed E-state index contributed by atoms with van der Waals surface area (Å²) in [4.78, 5) is 10.8. The van der Waals surface area contributed by atoms with Gasteiger partial charge in [0.05, 0.1) is 12.2 Å². The molecule has 0 amide bonds. The molecule has 2 rings (SSSR count). The number of aromatic hydroxyl groups is 1. The smallest absolute Gasteiger partial charge is 0.285 e. The fourth-order valence-electron chi connectivity index (χ4n) is 1.44. The van der Waals surface area contributed by atoms with Crippen LogP contribution < -0.4 is 4.74 Å². The third-order valence-corrected chi connectivity index (χ3v) is 2.10. The second-order valence-corrected chi connectivity index (χ2v) is 3.03. The van der Waals surface area contributed by atoms with Gasteiger partial charge < -0.3 is 14.3 Å². The number of phenolic OH excluding ortho intramolecular Hbond substituents is 1. The lowest BCUT2D eigenvalue weighted by Gasteiger charge is -1.95. The number of benzene rings is 1. The zero-order valence-electron chi connectivity index (χ0n) is 8.19. The maximum absolute atomic E-state index is 10.8. The molecule has 78 valence electrons. The Balaban J connectivity index is 2.64. The number of hydrogen-bond donors (Lipinski definition) is 1. The lowest BCUT2D eigenvalue weighted by molar-refractivity contribution is 0.112. The van der Waals surface area contributed by atoms with E-state index in [9.17, 15) is 9.90 Å². The highest BCUT2D eigenvalue weighted by Crippen LogP contribution is 2.31. The van der Waals surface area contributed by atoms with Gasteiger partial charge in [0, 0.05) is 11.5 Å². The zero-order chi connectivity index (χ0) is 10.8. The van der Waals surface area contributed by atoms with Gasteiger partial charge in [-0.3, -0.25) is 4.79 Å². The van der Waals surface area contributed by atoms with Crippen molar-refractivity contribution in [3.8, 4) is 11.7 Å². The van der Waals surface area contributed by atoms with E-state index in [4.69, 9.17) is 9.15 Å². The molecule has 0 aliphatic heterocycles. The van der Waals surface area contributed by atoms with E-state index in [0.717, 1.165) is 0 Å². The van der Waals surface area contributed by atoms with Gasteiger partial charge in [-0.25, -0.2) is 0 Å². The van der Waals surface area contributed by atoms with Crippen LogP contribution in [0, 0.1) is 0 Å². The summed E-state index contributed by atoms with van der Waals surface area (Å²) in [6.45, 7) is 2.33. The van der Waals surface area contributed by atoms with Crippen LogP contribution in [0.2, 0.25) is 0 Å². The van der Waals surface area contributed by atoms with Gasteiger partial charge in [-0.1, -0.05) is 0 Å². The molecule has 4 nitrogen and oxygen atoms in total. The molecule has 0 radical (unpaired) electrons. The predicted octanol–water partition coefficient (Wildman–Crippen LogP) is 2.35. The average Bonchev–Trinajstić information content (AvgIpc) is 2.61. The van der Waals surface area contributed by atoms with Gasteiger partial charge in [0.2, 0.25) is 0 Å². The first-order valence-electron chi connectivity index (χ1n) is 4.59. The third kappa shape index (κ3) is 1.54. The van der Waals surface area contributed by atoms with Crippen molar-refractivity contribution in [3.63, 3.8) is 0 Å². The van der Waals surface area contributed by atoms with Gasteiger partial charge in [0.25, 0.3) is 5.95 Å². The Morgan fingerprint density at radius 3 is 3.00 bits per heavy atom. The number of aldehydes is 1. The van der Waals surface area contributed by atoms with E-state index in [1.165, 1.54) is 6.07 Å². The highest BCUT2D eigenvalue weighted by Gasteiger charge is 2.11. The Morgan fingerprint density at radius 2 is 2.33 bits per heavy atom. The summed E-state index contributed by atoms with van der Waals surface area (Å²) in [6.07, 6.45) is 0.600. The summed E-state index contributed by atoms with van der Waals surface area (Å²) in [5, 5.41) is 10.00. The summed E-state index contributed by atoms with van der Waals surface area (Å²) in [7, 11) is 0. The standard InChI is InChI=1S/C11H10O4/c1-2-14-11-5-7-8(6-12)9(13)3-4-10(7)15-11/h3-6,13H,2H2,1H3. The maximum Gasteiger partial charge on any atom is 0.285 e. The first-order valence-corrected chi connectivity index (χ1v) is 4.59. The monoisotopic (exact) mass is 206 g/mol. The van der Waals surface area contributed by atoms with Crippen LogP contribution in [-0.2, 0) is 0 Å². The molecule has 0 aliphatic rings. The predicted molar refractivity (Wildman–Crippen MR) is 54.4 cm³/mol. The van der Waals surface area contributed by atoms with Gasteiger partial charge in [-0.05, 0) is 19.1 Å². The minimum absolute atomic E-state index is 0.0543. The van der Waals surface area contributed by atoms with E-state index in [-0.39, 0.29) is 11.3 Å². The highest BCUT2D eigenvalue weighted by molar-refractivity contribution is 5.99. The molecule has 1 aromatic heterocycles. The van der Waals surface area contributed by atoms with Crippen LogP contribution in [0.3, 0.4) is 0 Å². The number of fused-ring (bicyclic) bond motifs is 1. The van der Waals surface area contributed by atoms with Gasteiger partial charge in [0.1, 0.15) is 11.3 Å². The zero-order valence-corrected chi connectivity index (χ0v) is 8.19. The Kier molecular flexibility index (Phi) is 2.33. The molecule has 1 N–H and O–H groups in total. The molecule has 0 bridgehead atoms. The average molecular weight is 206 g/mol. The molecule has 0 saturated heterocycles. The van der Waals surface area contributed by atoms with Crippen molar-refractivity contribution < 1.29 is 19.1 Å². The first-order chi connectivity index (χ1) is 7.26. The highest BCUT2D eigenvalue weighted by atomic mass is 16.6. The number of rotatable bonds is 3. The quantitative estimate of drug-likeness (QED) is 0.783. The van der Waals surface area contributed by atoms with Crippen molar-refractivity contribution in [1.82, 2.24) is 0 Å². The van der Waals surface area contributed by atoms with Crippen molar-refractivity contribution in [2.75, 3.05) is 6.61 Å². The summed E-state index contributed by atoms with van der Waals surface area (Å²) in [5.74, 6) is 0.294. The van der Waals surface area contributed by atoms with Gasteiger partial charge >= 0.3 is 0 Å². The normalized spacial score (nSPS) is 10.5. The minimum Gasteiger partial charge on any atom is -0.507 e. The minimum atomic E-state index is -0.0543. The number of phenols is 1. The van der Waals surface area contributed by atoms with Crippen LogP contribution >= 0.6 is 0 Å². The molecule has 1 heterocycles. The van der Waals surface area contributed by atoms with Crippen LogP contribution in [0.5, 0.6) is 11.7 Å². The fraction of sp³-hybridized carbons (Fsp3) is 0.182. The van der Waals surface area contributed by atoms with Crippen LogP contribution in [-0.4, -0.2) is 18.0 Å². The van der Waals surface area contributed by atoms with Crippen LogP contribution in [0.4, 0.5) is 0 Å². The summed E-state index contributed by atoms with van der Waals surface area (Å²) < 4.78 is 10.5. The summed E-state index contributed by atoms with van der Waals surface area (Å²) >= 11 is 0. The van der Waals surface area contributed by atoms with E-state index in [0.29, 0.717) is 29.8 Å². The van der Waals surface area contributed by atoms with Gasteiger partial charge in [0.15, 0.2) is 6.29 Å². The van der Waals surface area contributed by atoms with Crippen molar-refractivity contribution in [2.24, 2.45) is 0 Å². The van der Waals surface area contributed by atoms with E-state index in [2.05, 4.69) is 0 Å². The largest absolute Gasteiger partial charge is 0.507 e. The van der Waals surface area contributed by atoms with E-state index < -0.39 is 0 Å². The van der Waals surface area contributed by atoms with Crippen LogP contribution in [0.25, 0.3) is 11.0 Å². The Morgan fingerprint density at radius 1 is 1.53 bits per heavy atom. The second kappa shape index (κ2) is 3.65. The molecule has 0 atom stereocenters. The molecular weight excluding hydrogens is 196 g/mol. The molecular formula is C11H10O4. The summed E-state index contributed by atoms with van der Waals surface area (Å²) in [6, 6.07) is 4.62. The van der Waals surface area contributed by atoms with Crippen molar-refractivity contribution in [3.05, 3.63) is 23.8 Å². The van der Waals surface area contributed by atoms with E-state index in [1.54, 1.807) is 12.1 Å². The maximum atomic E-state index is 10.8. The van der Waals surface area contributed by atoms with Crippen molar-refractivity contribution in [1.29, 1.82) is 0 Å². The molecule has 0 saturated carbocycles. The Bertz CT molecular complexity index is 499. The third-order valence-electron chi connectivity index (χ3n) is 2.10. The SMILES string of the molecule is CCOc1cc2c(C=O)c(O)ccc2o1. The number of carbonyl (C=O) groups is 1. The molecule has 0 unspecified atom stereocenters. The molecule has 0 aliphatic carbocycles. The molecule has 15 heavy (non-hydrogen) atoms. The fourth-order valence-corrected chi connectivity index (χ4v) is 1.44. The van der Waals surface area contributed by atoms with E-state index >= 15 is 0 Å². The molecule has 1 aromatic carbocycles. The lowest BCUT2D eigenvalue weighted by Crippen LogP contribution is -1.87. The topological polar surface area (TPSA) is 59.7 Å². The van der Waals surface area contributed by atoms with Crippen molar-refractivity contribution in [2.45, 2.75) is 6.92 Å². The Hall–Kier alpha value is -1.97. The number of carbonyl (C=O) groups excluding carboxylic acids is 1. The Labute approximate surface area is 86.1 Å². The molecule has 0 fully saturated rings. The summed E-state index contributed by atoms with van der Waals surface area (Å²) in [5.41, 5.74) is 0.751. The second-order valence-electron chi connectivity index (χ2n) is 3.03. The molecule has 2 aromatic rings. The van der Waals surface area contributed by atoms with Crippen molar-refractivity contribution >= 4 is 17.3 Å². The first kappa shape index (κ1) is 9.58. The lowest BCUT2D eigenvalue weighted by atomic mass is 10.1. The molecule has 4 heteroatoms. The van der Waals surface area contributed by atoms with E-state index in [1.807, 2.05) is 6.92 Å². The number of furan rings is 1. The van der Waals surface area contributed by atoms with Gasteiger partial charge in [-0.15, -0.1) is 0 Å². The van der Waals surface area contributed by atoms with Crippen LogP contribution in [0.15, 0.2) is 22.6 Å². The molecule has 0 spiro atoms. The van der Waals surface area contributed by atoms with Crippen LogP contribution in [0.1, 0.15) is 17.3 Å². The van der Waals surface area contributed by atoms with Gasteiger partial charge in [-0.2, -0.15) is 0 Å². The number of ether oxygens (including phenoxy) is 1. The number of hydrogen-bond acceptors (Lipinski definition) is 4.